The van der Waals surface area contributed by atoms with E-state index in [-0.39, 0.29) is 11.7 Å². The average Bonchev–Trinajstić information content (AvgIpc) is 2.15. The highest BCUT2D eigenvalue weighted by Crippen LogP contribution is 2.23. The molecule has 0 bridgehead atoms. The third-order valence-corrected chi connectivity index (χ3v) is 3.23. The molecule has 15 heavy (non-hydrogen) atoms. The van der Waals surface area contributed by atoms with Crippen LogP contribution in [0.3, 0.4) is 0 Å². The van der Waals surface area contributed by atoms with Gasteiger partial charge in [0, 0.05) is 20.4 Å². The number of hydrogen-bond donors (Lipinski definition) is 0. The van der Waals surface area contributed by atoms with Crippen LogP contribution in [0.15, 0.2) is 27.1 Å². The Morgan fingerprint density at radius 1 is 1.27 bits per heavy atom. The molecule has 0 heterocycles. The van der Waals surface area contributed by atoms with Crippen LogP contribution in [-0.2, 0) is 0 Å². The van der Waals surface area contributed by atoms with E-state index in [0.717, 1.165) is 27.4 Å². The van der Waals surface area contributed by atoms with Crippen molar-refractivity contribution in [3.63, 3.8) is 0 Å². The summed E-state index contributed by atoms with van der Waals surface area (Å²) in [6.45, 7) is 4.08. The molecular weight excluding hydrogens is 320 g/mol. The monoisotopic (exact) mass is 332 g/mol. The number of carbonyl (C=O) groups excluding carboxylic acids is 1. The van der Waals surface area contributed by atoms with Crippen molar-refractivity contribution in [3.05, 3.63) is 32.7 Å². The van der Waals surface area contributed by atoms with Gasteiger partial charge in [-0.05, 0) is 24.6 Å². The molecule has 0 spiro atoms. The summed E-state index contributed by atoms with van der Waals surface area (Å²) in [6, 6.07) is 5.68. The van der Waals surface area contributed by atoms with Gasteiger partial charge in [0.15, 0.2) is 5.78 Å². The zero-order valence-electron chi connectivity index (χ0n) is 8.89. The molecule has 82 valence electrons. The van der Waals surface area contributed by atoms with Crippen molar-refractivity contribution >= 4 is 37.6 Å². The fraction of sp³-hybridized carbons (Fsp3) is 0.417. The molecule has 0 aliphatic carbocycles. The first kappa shape index (κ1) is 12.9. The maximum Gasteiger partial charge on any atom is 0.165 e. The van der Waals surface area contributed by atoms with E-state index in [1.807, 2.05) is 25.1 Å². The standard InChI is InChI=1S/C12H14Br2O/c1-3-4-8(2)12(15)9-5-10(13)7-11(14)6-9/h5-8H,3-4H2,1-2H3. The van der Waals surface area contributed by atoms with Gasteiger partial charge in [0.1, 0.15) is 0 Å². The summed E-state index contributed by atoms with van der Waals surface area (Å²) in [7, 11) is 0. The number of benzene rings is 1. The fourth-order valence-electron chi connectivity index (χ4n) is 1.54. The molecule has 0 N–H and O–H groups in total. The topological polar surface area (TPSA) is 17.1 Å². The third kappa shape index (κ3) is 3.72. The Morgan fingerprint density at radius 2 is 1.80 bits per heavy atom. The van der Waals surface area contributed by atoms with E-state index in [2.05, 4.69) is 38.8 Å². The molecule has 1 atom stereocenters. The van der Waals surface area contributed by atoms with E-state index in [1.165, 1.54) is 0 Å². The maximum atomic E-state index is 12.0. The Hall–Kier alpha value is -0.150. The molecule has 1 aromatic carbocycles. The van der Waals surface area contributed by atoms with Crippen molar-refractivity contribution in [1.82, 2.24) is 0 Å². The molecule has 0 aromatic heterocycles. The largest absolute Gasteiger partial charge is 0.294 e. The van der Waals surface area contributed by atoms with Crippen LogP contribution in [0.4, 0.5) is 0 Å². The summed E-state index contributed by atoms with van der Waals surface area (Å²) < 4.78 is 1.87. The number of hydrogen-bond acceptors (Lipinski definition) is 1. The lowest BCUT2D eigenvalue weighted by atomic mass is 9.95. The molecule has 3 heteroatoms. The van der Waals surface area contributed by atoms with Crippen molar-refractivity contribution in [2.45, 2.75) is 26.7 Å². The molecule has 1 rings (SSSR count). The Labute approximate surface area is 108 Å². The summed E-state index contributed by atoms with van der Waals surface area (Å²) in [5.41, 5.74) is 0.775. The minimum atomic E-state index is 0.108. The van der Waals surface area contributed by atoms with Gasteiger partial charge in [-0.1, -0.05) is 52.1 Å². The van der Waals surface area contributed by atoms with Crippen molar-refractivity contribution in [2.75, 3.05) is 0 Å². The normalized spacial score (nSPS) is 12.5. The first-order valence-electron chi connectivity index (χ1n) is 5.05. The lowest BCUT2D eigenvalue weighted by Gasteiger charge is -2.09. The number of Topliss-reactive ketones (excluding diaryl/α,β-unsaturated/α-hetero) is 1. The van der Waals surface area contributed by atoms with Crippen molar-refractivity contribution in [3.8, 4) is 0 Å². The second kappa shape index (κ2) is 5.80. The summed E-state index contributed by atoms with van der Waals surface area (Å²) in [6.07, 6.45) is 1.99. The maximum absolute atomic E-state index is 12.0. The summed E-state index contributed by atoms with van der Waals surface area (Å²) in [5, 5.41) is 0. The van der Waals surface area contributed by atoms with Crippen LogP contribution in [0, 0.1) is 5.92 Å². The number of halogens is 2. The first-order chi connectivity index (χ1) is 7.04. The summed E-state index contributed by atoms with van der Waals surface area (Å²) in [4.78, 5) is 12.0. The Morgan fingerprint density at radius 3 is 2.27 bits per heavy atom. The molecule has 0 saturated heterocycles. The van der Waals surface area contributed by atoms with E-state index in [0.29, 0.717) is 0 Å². The van der Waals surface area contributed by atoms with Crippen LogP contribution in [-0.4, -0.2) is 5.78 Å². The van der Waals surface area contributed by atoms with Crippen LogP contribution in [0.1, 0.15) is 37.0 Å². The molecule has 0 aliphatic rings. The molecule has 1 aromatic rings. The minimum Gasteiger partial charge on any atom is -0.294 e. The highest BCUT2D eigenvalue weighted by molar-refractivity contribution is 9.11. The highest BCUT2D eigenvalue weighted by atomic mass is 79.9. The van der Waals surface area contributed by atoms with Gasteiger partial charge < -0.3 is 0 Å². The number of carbonyl (C=O) groups is 1. The van der Waals surface area contributed by atoms with Gasteiger partial charge >= 0.3 is 0 Å². The van der Waals surface area contributed by atoms with Gasteiger partial charge in [0.2, 0.25) is 0 Å². The summed E-state index contributed by atoms with van der Waals surface area (Å²) in [5.74, 6) is 0.329. The molecule has 0 aliphatic heterocycles. The first-order valence-corrected chi connectivity index (χ1v) is 6.63. The highest BCUT2D eigenvalue weighted by Gasteiger charge is 2.14. The van der Waals surface area contributed by atoms with E-state index >= 15 is 0 Å². The number of ketones is 1. The van der Waals surface area contributed by atoms with Crippen LogP contribution in [0.2, 0.25) is 0 Å². The molecule has 0 saturated carbocycles. The Bertz CT molecular complexity index is 340. The predicted octanol–water partition coefficient (Wildman–Crippen LogP) is 4.83. The van der Waals surface area contributed by atoms with Crippen molar-refractivity contribution in [1.29, 1.82) is 0 Å². The SMILES string of the molecule is CCCC(C)C(=O)c1cc(Br)cc(Br)c1. The molecule has 0 fully saturated rings. The van der Waals surface area contributed by atoms with Gasteiger partial charge in [0.25, 0.3) is 0 Å². The zero-order chi connectivity index (χ0) is 11.4. The summed E-state index contributed by atoms with van der Waals surface area (Å²) >= 11 is 6.77. The van der Waals surface area contributed by atoms with Gasteiger partial charge in [-0.15, -0.1) is 0 Å². The molecule has 1 nitrogen and oxygen atoms in total. The average molecular weight is 334 g/mol. The fourth-order valence-corrected chi connectivity index (χ4v) is 2.84. The lowest BCUT2D eigenvalue weighted by Crippen LogP contribution is -2.10. The predicted molar refractivity (Wildman–Crippen MR) is 70.2 cm³/mol. The van der Waals surface area contributed by atoms with E-state index in [1.54, 1.807) is 0 Å². The lowest BCUT2D eigenvalue weighted by molar-refractivity contribution is 0.0923. The van der Waals surface area contributed by atoms with Crippen molar-refractivity contribution < 1.29 is 4.79 Å². The molecular formula is C12H14Br2O. The van der Waals surface area contributed by atoms with E-state index in [4.69, 9.17) is 0 Å². The molecule has 0 amide bonds. The zero-order valence-corrected chi connectivity index (χ0v) is 12.1. The Kier molecular flexibility index (Phi) is 5.00. The quantitative estimate of drug-likeness (QED) is 0.721. The molecule has 0 radical (unpaired) electrons. The second-order valence-electron chi connectivity index (χ2n) is 3.71. The van der Waals surface area contributed by atoms with Crippen molar-refractivity contribution in [2.24, 2.45) is 5.92 Å². The van der Waals surface area contributed by atoms with Crippen LogP contribution in [0.25, 0.3) is 0 Å². The van der Waals surface area contributed by atoms with Crippen LogP contribution < -0.4 is 0 Å². The smallest absolute Gasteiger partial charge is 0.165 e. The minimum absolute atomic E-state index is 0.108. The van der Waals surface area contributed by atoms with Gasteiger partial charge in [-0.2, -0.15) is 0 Å². The van der Waals surface area contributed by atoms with E-state index in [9.17, 15) is 4.79 Å². The van der Waals surface area contributed by atoms with E-state index < -0.39 is 0 Å². The third-order valence-electron chi connectivity index (χ3n) is 2.32. The Balaban J connectivity index is 2.90. The molecule has 1 unspecified atom stereocenters. The van der Waals surface area contributed by atoms with Gasteiger partial charge in [0.05, 0.1) is 0 Å². The van der Waals surface area contributed by atoms with Crippen LogP contribution >= 0.6 is 31.9 Å². The second-order valence-corrected chi connectivity index (χ2v) is 5.54. The van der Waals surface area contributed by atoms with Gasteiger partial charge in [-0.25, -0.2) is 0 Å². The van der Waals surface area contributed by atoms with Crippen LogP contribution in [0.5, 0.6) is 0 Å². The number of rotatable bonds is 4. The van der Waals surface area contributed by atoms with Gasteiger partial charge in [-0.3, -0.25) is 4.79 Å².